The fourth-order valence-corrected chi connectivity index (χ4v) is 1.60. The van der Waals surface area contributed by atoms with Crippen LogP contribution in [0, 0.1) is 6.92 Å². The van der Waals surface area contributed by atoms with E-state index in [2.05, 4.69) is 15.9 Å². The van der Waals surface area contributed by atoms with Gasteiger partial charge in [-0.05, 0) is 37.5 Å². The highest BCUT2D eigenvalue weighted by Gasteiger charge is 2.04. The summed E-state index contributed by atoms with van der Waals surface area (Å²) >= 11 is 3.22. The summed E-state index contributed by atoms with van der Waals surface area (Å²) in [5.41, 5.74) is 1.01. The van der Waals surface area contributed by atoms with Crippen molar-refractivity contribution < 1.29 is 11.6 Å². The fourth-order valence-electron chi connectivity index (χ4n) is 0.996. The zero-order valence-corrected chi connectivity index (χ0v) is 8.60. The lowest BCUT2D eigenvalue weighted by Gasteiger charge is -2.03. The third-order valence-electron chi connectivity index (χ3n) is 1.48. The molecule has 3 heteroatoms. The van der Waals surface area contributed by atoms with Crippen LogP contribution in [-0.4, -0.2) is 12.4 Å². The number of halogens is 1. The Kier molecular flexibility index (Phi) is 1.75. The Morgan fingerprint density at radius 2 is 2.46 bits per heavy atom. The number of amides is 1. The highest BCUT2D eigenvalue weighted by atomic mass is 79.9. The van der Waals surface area contributed by atoms with Crippen molar-refractivity contribution >= 4 is 21.8 Å². The molecule has 1 rings (SSSR count). The molecule has 0 heterocycles. The first-order valence-corrected chi connectivity index (χ1v) is 4.42. The lowest BCUT2D eigenvalue weighted by atomic mass is 10.1. The van der Waals surface area contributed by atoms with Gasteiger partial charge in [0.25, 0.3) is 5.91 Å². The predicted octanol–water partition coefficient (Wildman–Crippen LogP) is 2.51. The second-order valence-corrected chi connectivity index (χ2v) is 3.51. The van der Waals surface area contributed by atoms with Crippen LogP contribution in [0.1, 0.15) is 29.6 Å². The van der Waals surface area contributed by atoms with Gasteiger partial charge in [-0.25, -0.2) is 0 Å². The van der Waals surface area contributed by atoms with E-state index in [4.69, 9.17) is 6.85 Å². The molecular formula is C10H12BrNO. The van der Waals surface area contributed by atoms with Gasteiger partial charge in [0.05, 0.1) is 0 Å². The van der Waals surface area contributed by atoms with Crippen molar-refractivity contribution in [2.45, 2.75) is 13.8 Å². The van der Waals surface area contributed by atoms with Crippen molar-refractivity contribution in [3.8, 4) is 0 Å². The number of carbonyl (C=O) groups excluding carboxylic acids is 1. The van der Waals surface area contributed by atoms with E-state index in [-0.39, 0.29) is 5.56 Å². The molecule has 2 nitrogen and oxygen atoms in total. The van der Waals surface area contributed by atoms with E-state index in [0.717, 1.165) is 5.56 Å². The van der Waals surface area contributed by atoms with Gasteiger partial charge in [0.2, 0.25) is 0 Å². The minimum Gasteiger partial charge on any atom is -0.352 e. The topological polar surface area (TPSA) is 29.1 Å². The van der Waals surface area contributed by atoms with Gasteiger partial charge in [0, 0.05) is 23.4 Å². The monoisotopic (exact) mass is 246 g/mol. The van der Waals surface area contributed by atoms with Crippen molar-refractivity contribution in [1.82, 2.24) is 5.32 Å². The van der Waals surface area contributed by atoms with Crippen LogP contribution in [0.25, 0.3) is 0 Å². The summed E-state index contributed by atoms with van der Waals surface area (Å²) in [6.07, 6.45) is 0. The number of benzene rings is 1. The number of hydrogen-bond acceptors (Lipinski definition) is 1. The number of carbonyl (C=O) groups is 1. The minimum absolute atomic E-state index is 0.204. The second kappa shape index (κ2) is 4.42. The summed E-state index contributed by atoms with van der Waals surface area (Å²) in [7, 11) is 0. The Morgan fingerprint density at radius 3 is 3.08 bits per heavy atom. The lowest BCUT2D eigenvalue weighted by molar-refractivity contribution is 0.0955. The first-order chi connectivity index (χ1) is 8.03. The molecule has 0 spiro atoms. The average Bonchev–Trinajstić information content (AvgIpc) is 2.13. The molecule has 0 saturated heterocycles. The molecule has 0 atom stereocenters. The first-order valence-electron chi connectivity index (χ1n) is 6.13. The van der Waals surface area contributed by atoms with Crippen molar-refractivity contribution in [1.29, 1.82) is 0 Å². The van der Waals surface area contributed by atoms with Crippen molar-refractivity contribution in [3.63, 3.8) is 0 Å². The third kappa shape index (κ3) is 2.84. The SMILES string of the molecule is [2H]C([2H])([2H])C([2H])([2H])NC(=O)c1cc(C)cc(Br)c1. The molecule has 70 valence electrons. The number of aryl methyl sites for hydroxylation is 1. The molecule has 0 aliphatic heterocycles. The molecule has 1 aromatic rings. The van der Waals surface area contributed by atoms with Crippen LogP contribution >= 0.6 is 15.9 Å². The molecule has 0 unspecified atom stereocenters. The Balaban J connectivity index is 2.96. The zero-order valence-electron chi connectivity index (χ0n) is 12.0. The van der Waals surface area contributed by atoms with Crippen molar-refractivity contribution in [2.75, 3.05) is 6.50 Å². The van der Waals surface area contributed by atoms with E-state index >= 15 is 0 Å². The van der Waals surface area contributed by atoms with Gasteiger partial charge in [0.15, 0.2) is 0 Å². The fraction of sp³-hybridized carbons (Fsp3) is 0.300. The highest BCUT2D eigenvalue weighted by Crippen LogP contribution is 2.14. The van der Waals surface area contributed by atoms with Crippen molar-refractivity contribution in [2.24, 2.45) is 0 Å². The first kappa shape index (κ1) is 5.15. The van der Waals surface area contributed by atoms with E-state index < -0.39 is 19.3 Å². The number of hydrogen-bond donors (Lipinski definition) is 1. The average molecular weight is 247 g/mol. The number of nitrogens with one attached hydrogen (secondary N) is 1. The Morgan fingerprint density at radius 1 is 1.69 bits per heavy atom. The predicted molar refractivity (Wildman–Crippen MR) is 56.9 cm³/mol. The Labute approximate surface area is 93.5 Å². The molecule has 1 aromatic carbocycles. The normalized spacial score (nSPS) is 17.5. The maximum Gasteiger partial charge on any atom is 0.251 e. The molecule has 1 amide bonds. The zero-order chi connectivity index (χ0) is 14.1. The Bertz CT molecular complexity index is 452. The molecule has 0 aromatic heterocycles. The van der Waals surface area contributed by atoms with Crippen LogP contribution in [0.5, 0.6) is 0 Å². The van der Waals surface area contributed by atoms with Gasteiger partial charge in [-0.15, -0.1) is 0 Å². The molecule has 0 bridgehead atoms. The molecule has 13 heavy (non-hydrogen) atoms. The second-order valence-electron chi connectivity index (χ2n) is 2.60. The maximum atomic E-state index is 11.8. The molecule has 0 aliphatic rings. The van der Waals surface area contributed by atoms with Gasteiger partial charge in [-0.3, -0.25) is 4.79 Å². The van der Waals surface area contributed by atoms with E-state index in [0.29, 0.717) is 4.47 Å². The smallest absolute Gasteiger partial charge is 0.251 e. The summed E-state index contributed by atoms with van der Waals surface area (Å²) in [5.74, 6) is -0.763. The van der Waals surface area contributed by atoms with E-state index in [1.54, 1.807) is 19.1 Å². The van der Waals surface area contributed by atoms with E-state index in [1.165, 1.54) is 6.07 Å². The summed E-state index contributed by atoms with van der Waals surface area (Å²) in [6, 6.07) is 4.84. The molecule has 0 radical (unpaired) electrons. The van der Waals surface area contributed by atoms with E-state index in [9.17, 15) is 4.79 Å². The highest BCUT2D eigenvalue weighted by molar-refractivity contribution is 9.10. The number of rotatable bonds is 2. The van der Waals surface area contributed by atoms with Gasteiger partial charge in [-0.2, -0.15) is 0 Å². The third-order valence-corrected chi connectivity index (χ3v) is 1.94. The van der Waals surface area contributed by atoms with Crippen LogP contribution in [0.4, 0.5) is 0 Å². The summed E-state index contributed by atoms with van der Waals surface area (Å²) in [5, 5.41) is 1.88. The quantitative estimate of drug-likeness (QED) is 0.854. The van der Waals surface area contributed by atoms with Crippen LogP contribution in [-0.2, 0) is 0 Å². The molecule has 0 aliphatic carbocycles. The van der Waals surface area contributed by atoms with Crippen LogP contribution in [0.3, 0.4) is 0 Å². The van der Waals surface area contributed by atoms with Gasteiger partial charge in [-0.1, -0.05) is 15.9 Å². The maximum absolute atomic E-state index is 11.8. The Hall–Kier alpha value is -0.830. The van der Waals surface area contributed by atoms with Gasteiger partial charge in [0.1, 0.15) is 0 Å². The summed E-state index contributed by atoms with van der Waals surface area (Å²) in [6.45, 7) is -3.90. The summed E-state index contributed by atoms with van der Waals surface area (Å²) < 4.78 is 36.3. The molecule has 0 saturated carbocycles. The van der Waals surface area contributed by atoms with Crippen LogP contribution in [0.2, 0.25) is 0 Å². The largest absolute Gasteiger partial charge is 0.352 e. The van der Waals surface area contributed by atoms with Gasteiger partial charge < -0.3 is 5.32 Å². The van der Waals surface area contributed by atoms with Crippen LogP contribution < -0.4 is 5.32 Å². The summed E-state index contributed by atoms with van der Waals surface area (Å²) in [4.78, 5) is 11.8. The molecular weight excluding hydrogens is 230 g/mol. The minimum atomic E-state index is -2.91. The molecule has 1 N–H and O–H groups in total. The van der Waals surface area contributed by atoms with Crippen molar-refractivity contribution in [3.05, 3.63) is 33.8 Å². The van der Waals surface area contributed by atoms with Crippen LogP contribution in [0.15, 0.2) is 22.7 Å². The lowest BCUT2D eigenvalue weighted by Crippen LogP contribution is -2.22. The standard InChI is InChI=1S/C10H12BrNO/c1-3-12-10(13)8-4-7(2)5-9(11)6-8/h4-6H,3H2,1-2H3,(H,12,13)/i1D3,3D2. The van der Waals surface area contributed by atoms with Gasteiger partial charge >= 0.3 is 0 Å². The molecule has 0 fully saturated rings. The van der Waals surface area contributed by atoms with E-state index in [1.807, 2.05) is 5.32 Å².